The van der Waals surface area contributed by atoms with Crippen LogP contribution in [0.2, 0.25) is 0 Å². The lowest BCUT2D eigenvalue weighted by molar-refractivity contribution is 0.0386. The molecule has 1 atom stereocenters. The Bertz CT molecular complexity index is 368. The molecule has 0 spiro atoms. The molecule has 1 aromatic rings. The second-order valence-electron chi connectivity index (χ2n) is 5.39. The summed E-state index contributed by atoms with van der Waals surface area (Å²) in [4.78, 5) is 0. The van der Waals surface area contributed by atoms with Crippen LogP contribution in [0.1, 0.15) is 24.0 Å². The van der Waals surface area contributed by atoms with E-state index in [1.54, 1.807) is 0 Å². The van der Waals surface area contributed by atoms with Gasteiger partial charge in [-0.05, 0) is 55.9 Å². The molecule has 0 bridgehead atoms. The minimum Gasteiger partial charge on any atom is -0.389 e. The number of ether oxygens (including phenoxy) is 1. The quantitative estimate of drug-likeness (QED) is 0.780. The Balaban J connectivity index is 1.68. The molecule has 1 aromatic carbocycles. The van der Waals surface area contributed by atoms with Crippen molar-refractivity contribution in [3.63, 3.8) is 0 Å². The van der Waals surface area contributed by atoms with E-state index in [1.807, 2.05) is 0 Å². The van der Waals surface area contributed by atoms with Crippen molar-refractivity contribution in [1.82, 2.24) is 0 Å². The molecule has 1 fully saturated rings. The first-order valence-electron chi connectivity index (χ1n) is 6.71. The van der Waals surface area contributed by atoms with Gasteiger partial charge in [0.15, 0.2) is 0 Å². The second kappa shape index (κ2) is 6.21. The lowest BCUT2D eigenvalue weighted by Crippen LogP contribution is -2.25. The summed E-state index contributed by atoms with van der Waals surface area (Å²) < 4.78 is 5.47. The average Bonchev–Trinajstić information content (AvgIpc) is 3.09. The third-order valence-electron chi connectivity index (χ3n) is 3.12. The van der Waals surface area contributed by atoms with E-state index in [4.69, 9.17) is 4.74 Å². The van der Waals surface area contributed by atoms with Gasteiger partial charge >= 0.3 is 0 Å². The van der Waals surface area contributed by atoms with Gasteiger partial charge in [0.1, 0.15) is 0 Å². The fourth-order valence-electron chi connectivity index (χ4n) is 2.03. The molecule has 2 rings (SSSR count). The first-order valence-corrected chi connectivity index (χ1v) is 6.71. The van der Waals surface area contributed by atoms with Crippen LogP contribution in [0, 0.1) is 19.8 Å². The minimum atomic E-state index is -0.440. The van der Waals surface area contributed by atoms with Gasteiger partial charge in [-0.25, -0.2) is 0 Å². The average molecular weight is 249 g/mol. The topological polar surface area (TPSA) is 41.5 Å². The second-order valence-corrected chi connectivity index (χ2v) is 5.39. The highest BCUT2D eigenvalue weighted by atomic mass is 16.5. The van der Waals surface area contributed by atoms with Gasteiger partial charge in [0.25, 0.3) is 0 Å². The van der Waals surface area contributed by atoms with Gasteiger partial charge in [-0.1, -0.05) is 6.07 Å². The Morgan fingerprint density at radius 2 is 1.94 bits per heavy atom. The first kappa shape index (κ1) is 13.4. The molecule has 0 heterocycles. The minimum absolute atomic E-state index is 0.425. The highest BCUT2D eigenvalue weighted by Crippen LogP contribution is 2.28. The molecule has 100 valence electrons. The van der Waals surface area contributed by atoms with Crippen molar-refractivity contribution in [2.75, 3.05) is 25.1 Å². The molecule has 1 saturated carbocycles. The molecule has 0 radical (unpaired) electrons. The van der Waals surface area contributed by atoms with Crippen molar-refractivity contribution in [2.45, 2.75) is 32.8 Å². The van der Waals surface area contributed by atoms with Crippen LogP contribution in [-0.4, -0.2) is 31.0 Å². The largest absolute Gasteiger partial charge is 0.389 e. The normalized spacial score (nSPS) is 16.6. The molecule has 1 aliphatic rings. The zero-order valence-electron chi connectivity index (χ0n) is 11.3. The zero-order chi connectivity index (χ0) is 13.0. The molecule has 0 amide bonds. The van der Waals surface area contributed by atoms with Crippen LogP contribution < -0.4 is 5.32 Å². The molecular formula is C15H23NO2. The summed E-state index contributed by atoms with van der Waals surface area (Å²) in [5, 5.41) is 13.0. The summed E-state index contributed by atoms with van der Waals surface area (Å²) in [6.07, 6.45) is 2.14. The van der Waals surface area contributed by atoms with Crippen molar-refractivity contribution < 1.29 is 9.84 Å². The van der Waals surface area contributed by atoms with Crippen LogP contribution >= 0.6 is 0 Å². The molecule has 3 nitrogen and oxygen atoms in total. The van der Waals surface area contributed by atoms with Crippen molar-refractivity contribution in [2.24, 2.45) is 5.92 Å². The zero-order valence-corrected chi connectivity index (χ0v) is 11.3. The Morgan fingerprint density at radius 1 is 1.28 bits per heavy atom. The van der Waals surface area contributed by atoms with E-state index in [9.17, 15) is 5.11 Å². The summed E-state index contributed by atoms with van der Waals surface area (Å²) in [7, 11) is 0. The smallest absolute Gasteiger partial charge is 0.0945 e. The van der Waals surface area contributed by atoms with Gasteiger partial charge in [-0.3, -0.25) is 0 Å². The highest BCUT2D eigenvalue weighted by molar-refractivity contribution is 5.48. The lowest BCUT2D eigenvalue weighted by Gasteiger charge is -2.14. The Morgan fingerprint density at radius 3 is 2.56 bits per heavy atom. The predicted molar refractivity (Wildman–Crippen MR) is 74.0 cm³/mol. The van der Waals surface area contributed by atoms with Gasteiger partial charge in [0, 0.05) is 18.8 Å². The number of aliphatic hydroxyl groups is 1. The van der Waals surface area contributed by atoms with Crippen LogP contribution in [0.25, 0.3) is 0 Å². The maximum absolute atomic E-state index is 9.79. The molecule has 0 aromatic heterocycles. The third-order valence-corrected chi connectivity index (χ3v) is 3.12. The van der Waals surface area contributed by atoms with Crippen LogP contribution in [0.3, 0.4) is 0 Å². The van der Waals surface area contributed by atoms with E-state index in [-0.39, 0.29) is 0 Å². The fourth-order valence-corrected chi connectivity index (χ4v) is 2.03. The van der Waals surface area contributed by atoms with Crippen LogP contribution in [0.5, 0.6) is 0 Å². The van der Waals surface area contributed by atoms with Crippen LogP contribution in [0.4, 0.5) is 5.69 Å². The summed E-state index contributed by atoms with van der Waals surface area (Å²) >= 11 is 0. The molecule has 2 N–H and O–H groups in total. The Hall–Kier alpha value is -1.06. The van der Waals surface area contributed by atoms with Crippen LogP contribution in [0.15, 0.2) is 18.2 Å². The molecule has 0 saturated heterocycles. The summed E-state index contributed by atoms with van der Waals surface area (Å²) in [5.74, 6) is 0.754. The standard InChI is InChI=1S/C15H23NO2/c1-11-5-12(2)7-14(6-11)16-8-15(17)10-18-9-13-3-4-13/h5-7,13,15-17H,3-4,8-10H2,1-2H3. The van der Waals surface area contributed by atoms with E-state index >= 15 is 0 Å². The van der Waals surface area contributed by atoms with Crippen molar-refractivity contribution in [3.8, 4) is 0 Å². The third kappa shape index (κ3) is 4.67. The molecule has 1 aliphatic carbocycles. The van der Waals surface area contributed by atoms with E-state index in [0.717, 1.165) is 18.2 Å². The van der Waals surface area contributed by atoms with Gasteiger partial charge in [0.05, 0.1) is 12.7 Å². The van der Waals surface area contributed by atoms with E-state index in [0.29, 0.717) is 13.2 Å². The number of hydrogen-bond donors (Lipinski definition) is 2. The number of benzene rings is 1. The fraction of sp³-hybridized carbons (Fsp3) is 0.600. The maximum atomic E-state index is 9.79. The van der Waals surface area contributed by atoms with E-state index < -0.39 is 6.10 Å². The lowest BCUT2D eigenvalue weighted by atomic mass is 10.1. The number of rotatable bonds is 7. The molecule has 3 heteroatoms. The van der Waals surface area contributed by atoms with Crippen molar-refractivity contribution >= 4 is 5.69 Å². The summed E-state index contributed by atoms with van der Waals surface area (Å²) in [6, 6.07) is 6.32. The molecular weight excluding hydrogens is 226 g/mol. The van der Waals surface area contributed by atoms with Crippen LogP contribution in [-0.2, 0) is 4.74 Å². The SMILES string of the molecule is Cc1cc(C)cc(NCC(O)COCC2CC2)c1. The van der Waals surface area contributed by atoms with Crippen molar-refractivity contribution in [3.05, 3.63) is 29.3 Å². The number of aliphatic hydroxyl groups excluding tert-OH is 1. The summed E-state index contributed by atoms with van der Waals surface area (Å²) in [5.41, 5.74) is 3.53. The maximum Gasteiger partial charge on any atom is 0.0945 e. The van der Waals surface area contributed by atoms with Gasteiger partial charge in [-0.2, -0.15) is 0 Å². The Labute approximate surface area is 109 Å². The summed E-state index contributed by atoms with van der Waals surface area (Å²) in [6.45, 7) is 5.92. The molecule has 18 heavy (non-hydrogen) atoms. The molecule has 1 unspecified atom stereocenters. The number of anilines is 1. The highest BCUT2D eigenvalue weighted by Gasteiger charge is 2.21. The number of nitrogens with one attached hydrogen (secondary N) is 1. The number of hydrogen-bond acceptors (Lipinski definition) is 3. The van der Waals surface area contributed by atoms with E-state index in [1.165, 1.54) is 24.0 Å². The first-order chi connectivity index (χ1) is 8.63. The van der Waals surface area contributed by atoms with Gasteiger partial charge < -0.3 is 15.2 Å². The Kier molecular flexibility index (Phi) is 4.61. The van der Waals surface area contributed by atoms with Gasteiger partial charge in [-0.15, -0.1) is 0 Å². The molecule has 0 aliphatic heterocycles. The predicted octanol–water partition coefficient (Wildman–Crippen LogP) is 2.50. The van der Waals surface area contributed by atoms with E-state index in [2.05, 4.69) is 37.4 Å². The van der Waals surface area contributed by atoms with Crippen molar-refractivity contribution in [1.29, 1.82) is 0 Å². The number of aryl methyl sites for hydroxylation is 2. The van der Waals surface area contributed by atoms with Gasteiger partial charge in [0.2, 0.25) is 0 Å². The monoisotopic (exact) mass is 249 g/mol.